The van der Waals surface area contributed by atoms with Gasteiger partial charge in [-0.2, -0.15) is 0 Å². The highest BCUT2D eigenvalue weighted by Crippen LogP contribution is 2.17. The molecule has 0 radical (unpaired) electrons. The highest BCUT2D eigenvalue weighted by Gasteiger charge is 2.19. The third-order valence-corrected chi connectivity index (χ3v) is 11.2. The van der Waals surface area contributed by atoms with Crippen molar-refractivity contribution in [1.82, 2.24) is 0 Å². The first-order valence-corrected chi connectivity index (χ1v) is 24.7. The highest BCUT2D eigenvalue weighted by molar-refractivity contribution is 5.71. The molecular weight excluding hydrogens is 697 g/mol. The van der Waals surface area contributed by atoms with Gasteiger partial charge >= 0.3 is 17.9 Å². The zero-order valence-electron chi connectivity index (χ0n) is 38.3. The number of carbonyl (C=O) groups is 3. The Hall–Kier alpha value is -1.59. The van der Waals surface area contributed by atoms with Gasteiger partial charge in [-0.05, 0) is 31.1 Å². The van der Waals surface area contributed by atoms with Crippen molar-refractivity contribution >= 4 is 17.9 Å². The molecule has 56 heavy (non-hydrogen) atoms. The van der Waals surface area contributed by atoms with E-state index in [-0.39, 0.29) is 31.1 Å². The Balaban J connectivity index is 4.26. The van der Waals surface area contributed by atoms with Gasteiger partial charge in [-0.3, -0.25) is 14.4 Å². The summed E-state index contributed by atoms with van der Waals surface area (Å²) < 4.78 is 16.7. The first-order chi connectivity index (χ1) is 27.2. The number of unbranched alkanes of at least 4 members (excludes halogenated alkanes) is 29. The predicted molar refractivity (Wildman–Crippen MR) is 238 cm³/mol. The van der Waals surface area contributed by atoms with Crippen LogP contribution in [0.5, 0.6) is 0 Å². The maximum atomic E-state index is 12.7. The van der Waals surface area contributed by atoms with E-state index < -0.39 is 6.10 Å². The molecule has 0 amide bonds. The zero-order valence-corrected chi connectivity index (χ0v) is 38.3. The molecule has 0 rings (SSSR count). The summed E-state index contributed by atoms with van der Waals surface area (Å²) in [5.74, 6) is 0.768. The fraction of sp³-hybridized carbons (Fsp3) is 0.940. The molecule has 0 heterocycles. The smallest absolute Gasteiger partial charge is 0.306 e. The van der Waals surface area contributed by atoms with E-state index >= 15 is 0 Å². The summed E-state index contributed by atoms with van der Waals surface area (Å²) in [5, 5.41) is 0. The maximum Gasteiger partial charge on any atom is 0.306 e. The van der Waals surface area contributed by atoms with Crippen LogP contribution in [0.15, 0.2) is 0 Å². The van der Waals surface area contributed by atoms with Crippen molar-refractivity contribution < 1.29 is 28.6 Å². The van der Waals surface area contributed by atoms with Crippen molar-refractivity contribution in [3.63, 3.8) is 0 Å². The van der Waals surface area contributed by atoms with Crippen molar-refractivity contribution in [3.05, 3.63) is 0 Å². The largest absolute Gasteiger partial charge is 0.462 e. The molecule has 0 unspecified atom stereocenters. The second kappa shape index (κ2) is 43.0. The van der Waals surface area contributed by atoms with Crippen LogP contribution < -0.4 is 0 Å². The fourth-order valence-electron chi connectivity index (χ4n) is 7.46. The van der Waals surface area contributed by atoms with Crippen molar-refractivity contribution in [1.29, 1.82) is 0 Å². The van der Waals surface area contributed by atoms with Gasteiger partial charge in [-0.1, -0.05) is 234 Å². The van der Waals surface area contributed by atoms with E-state index in [0.29, 0.717) is 19.3 Å². The lowest BCUT2D eigenvalue weighted by Gasteiger charge is -2.18. The molecule has 0 saturated heterocycles. The Labute approximate surface area is 348 Å². The van der Waals surface area contributed by atoms with Gasteiger partial charge in [0.2, 0.25) is 0 Å². The van der Waals surface area contributed by atoms with Crippen LogP contribution >= 0.6 is 0 Å². The minimum Gasteiger partial charge on any atom is -0.462 e. The standard InChI is InChI=1S/C50H96O6/c1-6-7-8-9-10-11-16-20-25-30-35-40-48(51)54-43-47(56-50(53)42-37-32-27-22-24-29-34-39-46(4)5)44-55-49(52)41-36-31-26-21-18-15-13-12-14-17-19-23-28-33-38-45(2)3/h45-47H,6-44H2,1-5H3/t47-/m0/s1. The first kappa shape index (κ1) is 54.4. The van der Waals surface area contributed by atoms with Crippen LogP contribution in [-0.2, 0) is 28.6 Å². The monoisotopic (exact) mass is 793 g/mol. The Bertz CT molecular complexity index is 854. The number of hydrogen-bond donors (Lipinski definition) is 0. The van der Waals surface area contributed by atoms with E-state index in [0.717, 1.165) is 69.6 Å². The van der Waals surface area contributed by atoms with E-state index in [1.165, 1.54) is 161 Å². The summed E-state index contributed by atoms with van der Waals surface area (Å²) in [7, 11) is 0. The van der Waals surface area contributed by atoms with Gasteiger partial charge < -0.3 is 14.2 Å². The summed E-state index contributed by atoms with van der Waals surface area (Å²) >= 11 is 0. The molecule has 0 aliphatic carbocycles. The van der Waals surface area contributed by atoms with Crippen LogP contribution in [0.25, 0.3) is 0 Å². The minimum atomic E-state index is -0.761. The Kier molecular flexibility index (Phi) is 41.8. The molecule has 0 bridgehead atoms. The highest BCUT2D eigenvalue weighted by atomic mass is 16.6. The molecule has 0 aliphatic rings. The van der Waals surface area contributed by atoms with Gasteiger partial charge in [-0.25, -0.2) is 0 Å². The van der Waals surface area contributed by atoms with E-state index in [9.17, 15) is 14.4 Å². The molecule has 0 saturated carbocycles. The Morgan fingerprint density at radius 3 is 0.875 bits per heavy atom. The lowest BCUT2D eigenvalue weighted by molar-refractivity contribution is -0.167. The van der Waals surface area contributed by atoms with Crippen molar-refractivity contribution in [2.75, 3.05) is 13.2 Å². The molecule has 1 atom stereocenters. The van der Waals surface area contributed by atoms with Crippen LogP contribution in [0, 0.1) is 11.8 Å². The minimum absolute atomic E-state index is 0.0647. The van der Waals surface area contributed by atoms with Gasteiger partial charge in [0, 0.05) is 19.3 Å². The molecule has 0 aliphatic heterocycles. The van der Waals surface area contributed by atoms with E-state index in [4.69, 9.17) is 14.2 Å². The van der Waals surface area contributed by atoms with Crippen molar-refractivity contribution in [2.45, 2.75) is 278 Å². The lowest BCUT2D eigenvalue weighted by Crippen LogP contribution is -2.30. The molecule has 0 aromatic rings. The van der Waals surface area contributed by atoms with Gasteiger partial charge in [-0.15, -0.1) is 0 Å². The average Bonchev–Trinajstić information content (AvgIpc) is 3.16. The predicted octanol–water partition coefficient (Wildman–Crippen LogP) is 15.8. The maximum absolute atomic E-state index is 12.7. The number of esters is 3. The van der Waals surface area contributed by atoms with Crippen LogP contribution in [0.4, 0.5) is 0 Å². The summed E-state index contributed by atoms with van der Waals surface area (Å²) in [6.07, 6.45) is 42.4. The summed E-state index contributed by atoms with van der Waals surface area (Å²) in [6.45, 7) is 11.3. The third-order valence-electron chi connectivity index (χ3n) is 11.2. The molecule has 332 valence electrons. The molecule has 6 nitrogen and oxygen atoms in total. The van der Waals surface area contributed by atoms with Crippen molar-refractivity contribution in [3.8, 4) is 0 Å². The number of carbonyl (C=O) groups excluding carboxylic acids is 3. The Morgan fingerprint density at radius 2 is 0.589 bits per heavy atom. The quantitative estimate of drug-likeness (QED) is 0.0347. The van der Waals surface area contributed by atoms with Crippen LogP contribution in [0.3, 0.4) is 0 Å². The van der Waals surface area contributed by atoms with Crippen LogP contribution in [0.2, 0.25) is 0 Å². The van der Waals surface area contributed by atoms with Gasteiger partial charge in [0.15, 0.2) is 6.10 Å². The SMILES string of the molecule is CCCCCCCCCCCCCC(=O)OC[C@@H](COC(=O)CCCCCCCCCCCCCCCCC(C)C)OC(=O)CCCCCCCCCC(C)C. The number of ether oxygens (including phenoxy) is 3. The second-order valence-corrected chi connectivity index (χ2v) is 18.1. The normalized spacial score (nSPS) is 12.1. The van der Waals surface area contributed by atoms with Crippen molar-refractivity contribution in [2.24, 2.45) is 11.8 Å². The summed E-state index contributed by atoms with van der Waals surface area (Å²) in [4.78, 5) is 37.8. The number of rotatable bonds is 44. The van der Waals surface area contributed by atoms with Crippen LogP contribution in [0.1, 0.15) is 272 Å². The molecule has 0 aromatic carbocycles. The molecular formula is C50H96O6. The van der Waals surface area contributed by atoms with Gasteiger partial charge in [0.1, 0.15) is 13.2 Å². The topological polar surface area (TPSA) is 78.9 Å². The summed E-state index contributed by atoms with van der Waals surface area (Å²) in [6, 6.07) is 0. The first-order valence-electron chi connectivity index (χ1n) is 24.7. The molecule has 0 fully saturated rings. The molecule has 0 N–H and O–H groups in total. The molecule has 0 aromatic heterocycles. The lowest BCUT2D eigenvalue weighted by atomic mass is 10.0. The van der Waals surface area contributed by atoms with Gasteiger partial charge in [0.25, 0.3) is 0 Å². The van der Waals surface area contributed by atoms with Gasteiger partial charge in [0.05, 0.1) is 0 Å². The number of hydrogen-bond acceptors (Lipinski definition) is 6. The zero-order chi connectivity index (χ0) is 41.2. The molecule has 6 heteroatoms. The van der Waals surface area contributed by atoms with E-state index in [2.05, 4.69) is 34.6 Å². The van der Waals surface area contributed by atoms with E-state index in [1.54, 1.807) is 0 Å². The fourth-order valence-corrected chi connectivity index (χ4v) is 7.46. The average molecular weight is 793 g/mol. The Morgan fingerprint density at radius 1 is 0.339 bits per heavy atom. The van der Waals surface area contributed by atoms with E-state index in [1.807, 2.05) is 0 Å². The molecule has 0 spiro atoms. The third kappa shape index (κ3) is 43.5. The summed E-state index contributed by atoms with van der Waals surface area (Å²) in [5.41, 5.74) is 0. The second-order valence-electron chi connectivity index (χ2n) is 18.1. The van der Waals surface area contributed by atoms with Crippen LogP contribution in [-0.4, -0.2) is 37.2 Å².